The SMILES string of the molecule is Cn1nnc(Br)c1S(=O)(=O)NCC(C)(C)CCCCl. The first-order chi connectivity index (χ1) is 8.69. The van der Waals surface area contributed by atoms with E-state index in [9.17, 15) is 8.42 Å². The van der Waals surface area contributed by atoms with Gasteiger partial charge in [0.2, 0.25) is 5.03 Å². The van der Waals surface area contributed by atoms with Gasteiger partial charge in [0.1, 0.15) is 0 Å². The number of nitrogens with zero attached hydrogens (tertiary/aromatic N) is 3. The van der Waals surface area contributed by atoms with Crippen molar-refractivity contribution in [3.63, 3.8) is 0 Å². The molecule has 19 heavy (non-hydrogen) atoms. The molecule has 0 radical (unpaired) electrons. The van der Waals surface area contributed by atoms with Gasteiger partial charge in [0.05, 0.1) is 0 Å². The molecule has 1 aromatic heterocycles. The van der Waals surface area contributed by atoms with Crippen molar-refractivity contribution < 1.29 is 8.42 Å². The fourth-order valence-corrected chi connectivity index (χ4v) is 4.07. The summed E-state index contributed by atoms with van der Waals surface area (Å²) in [6, 6.07) is 0. The minimum absolute atomic E-state index is 0.0284. The van der Waals surface area contributed by atoms with Crippen molar-refractivity contribution in [1.82, 2.24) is 19.7 Å². The smallest absolute Gasteiger partial charge is 0.235 e. The maximum absolute atomic E-state index is 12.2. The fourth-order valence-electron chi connectivity index (χ4n) is 1.60. The predicted molar refractivity (Wildman–Crippen MR) is 77.6 cm³/mol. The lowest BCUT2D eigenvalue weighted by atomic mass is 9.88. The summed E-state index contributed by atoms with van der Waals surface area (Å²) in [6.45, 7) is 4.33. The molecular weight excluding hydrogens is 356 g/mol. The maximum atomic E-state index is 12.2. The van der Waals surface area contributed by atoms with E-state index in [1.165, 1.54) is 11.7 Å². The van der Waals surface area contributed by atoms with Crippen molar-refractivity contribution in [3.05, 3.63) is 4.60 Å². The molecule has 0 aliphatic carbocycles. The quantitative estimate of drug-likeness (QED) is 0.741. The van der Waals surface area contributed by atoms with Gasteiger partial charge in [-0.2, -0.15) is 0 Å². The number of rotatable bonds is 7. The van der Waals surface area contributed by atoms with Crippen LogP contribution in [-0.4, -0.2) is 35.8 Å². The van der Waals surface area contributed by atoms with Crippen molar-refractivity contribution >= 4 is 37.6 Å². The van der Waals surface area contributed by atoms with E-state index in [2.05, 4.69) is 31.0 Å². The minimum Gasteiger partial charge on any atom is -0.235 e. The van der Waals surface area contributed by atoms with Gasteiger partial charge < -0.3 is 0 Å². The number of aryl methyl sites for hydroxylation is 1. The van der Waals surface area contributed by atoms with Crippen LogP contribution in [-0.2, 0) is 17.1 Å². The number of hydrogen-bond donors (Lipinski definition) is 1. The molecule has 0 fully saturated rings. The first-order valence-corrected chi connectivity index (χ1v) is 8.61. The molecule has 110 valence electrons. The van der Waals surface area contributed by atoms with Gasteiger partial charge >= 0.3 is 0 Å². The highest BCUT2D eigenvalue weighted by molar-refractivity contribution is 9.10. The Morgan fingerprint density at radius 3 is 2.58 bits per heavy atom. The van der Waals surface area contributed by atoms with E-state index < -0.39 is 10.0 Å². The van der Waals surface area contributed by atoms with E-state index in [-0.39, 0.29) is 15.0 Å². The average Bonchev–Trinajstić information content (AvgIpc) is 2.65. The lowest BCUT2D eigenvalue weighted by Crippen LogP contribution is -2.35. The first kappa shape index (κ1) is 16.9. The lowest BCUT2D eigenvalue weighted by Gasteiger charge is -2.24. The van der Waals surface area contributed by atoms with Crippen LogP contribution in [0.2, 0.25) is 0 Å². The summed E-state index contributed by atoms with van der Waals surface area (Å²) in [5.41, 5.74) is -0.152. The van der Waals surface area contributed by atoms with Crippen LogP contribution < -0.4 is 4.72 Å². The first-order valence-electron chi connectivity index (χ1n) is 5.80. The summed E-state index contributed by atoms with van der Waals surface area (Å²) in [7, 11) is -2.10. The second-order valence-electron chi connectivity index (χ2n) is 5.09. The molecule has 0 aliphatic rings. The zero-order valence-electron chi connectivity index (χ0n) is 11.2. The Kier molecular flexibility index (Phi) is 5.78. The van der Waals surface area contributed by atoms with E-state index in [1.54, 1.807) is 0 Å². The molecule has 9 heteroatoms. The Bertz CT molecular complexity index is 510. The molecule has 1 rings (SSSR count). The maximum Gasteiger partial charge on any atom is 0.260 e. The molecule has 0 atom stereocenters. The molecule has 1 heterocycles. The Balaban J connectivity index is 2.77. The standard InChI is InChI=1S/C10H18BrClN4O2S/c1-10(2,5-4-6-12)7-13-19(17,18)9-8(11)14-15-16(9)3/h13H,4-7H2,1-3H3. The number of halogens is 2. The van der Waals surface area contributed by atoms with Crippen molar-refractivity contribution in [1.29, 1.82) is 0 Å². The Morgan fingerprint density at radius 2 is 2.11 bits per heavy atom. The molecule has 0 unspecified atom stereocenters. The molecule has 0 aliphatic heterocycles. The van der Waals surface area contributed by atoms with Crippen molar-refractivity contribution in [3.8, 4) is 0 Å². The van der Waals surface area contributed by atoms with Gasteiger partial charge in [-0.1, -0.05) is 19.1 Å². The topological polar surface area (TPSA) is 76.9 Å². The third kappa shape index (κ3) is 4.70. The monoisotopic (exact) mass is 372 g/mol. The Hall–Kier alpha value is -0.180. The molecule has 0 saturated carbocycles. The molecule has 6 nitrogen and oxygen atoms in total. The molecule has 0 amide bonds. The fraction of sp³-hybridized carbons (Fsp3) is 0.800. The summed E-state index contributed by atoms with van der Waals surface area (Å²) in [4.78, 5) is 0. The van der Waals surface area contributed by atoms with Gasteiger partial charge in [-0.25, -0.2) is 17.8 Å². The molecule has 0 spiro atoms. The summed E-state index contributed by atoms with van der Waals surface area (Å²) in [6.07, 6.45) is 1.71. The van der Waals surface area contributed by atoms with Crippen LogP contribution in [0, 0.1) is 5.41 Å². The molecule has 0 bridgehead atoms. The highest BCUT2D eigenvalue weighted by Crippen LogP contribution is 2.23. The second-order valence-corrected chi connectivity index (χ2v) is 7.90. The van der Waals surface area contributed by atoms with Crippen LogP contribution in [0.5, 0.6) is 0 Å². The van der Waals surface area contributed by atoms with Gasteiger partial charge in [-0.3, -0.25) is 0 Å². The van der Waals surface area contributed by atoms with Gasteiger partial charge in [0.25, 0.3) is 10.0 Å². The second kappa shape index (κ2) is 6.51. The Labute approximate surface area is 127 Å². The van der Waals surface area contributed by atoms with Crippen LogP contribution in [0.25, 0.3) is 0 Å². The summed E-state index contributed by atoms with van der Waals surface area (Å²) in [5, 5.41) is 7.36. The highest BCUT2D eigenvalue weighted by atomic mass is 79.9. The minimum atomic E-state index is -3.63. The summed E-state index contributed by atoms with van der Waals surface area (Å²) < 4.78 is 28.4. The van der Waals surface area contributed by atoms with E-state index in [0.29, 0.717) is 12.4 Å². The number of aromatic nitrogens is 3. The van der Waals surface area contributed by atoms with Crippen LogP contribution in [0.15, 0.2) is 9.63 Å². The largest absolute Gasteiger partial charge is 0.260 e. The number of nitrogens with one attached hydrogen (secondary N) is 1. The van der Waals surface area contributed by atoms with E-state index in [0.717, 1.165) is 12.8 Å². The van der Waals surface area contributed by atoms with E-state index in [1.807, 2.05) is 13.8 Å². The number of hydrogen-bond acceptors (Lipinski definition) is 4. The van der Waals surface area contributed by atoms with Crippen LogP contribution >= 0.6 is 27.5 Å². The molecule has 0 saturated heterocycles. The third-order valence-corrected chi connectivity index (χ3v) is 5.27. The van der Waals surface area contributed by atoms with Crippen molar-refractivity contribution in [2.75, 3.05) is 12.4 Å². The van der Waals surface area contributed by atoms with Crippen LogP contribution in [0.3, 0.4) is 0 Å². The highest BCUT2D eigenvalue weighted by Gasteiger charge is 2.26. The summed E-state index contributed by atoms with van der Waals surface area (Å²) >= 11 is 8.74. The molecule has 1 aromatic rings. The Morgan fingerprint density at radius 1 is 1.47 bits per heavy atom. The molecule has 0 aromatic carbocycles. The van der Waals surface area contributed by atoms with Crippen LogP contribution in [0.1, 0.15) is 26.7 Å². The van der Waals surface area contributed by atoms with E-state index in [4.69, 9.17) is 11.6 Å². The zero-order chi connectivity index (χ0) is 14.7. The van der Waals surface area contributed by atoms with Gasteiger partial charge in [0, 0.05) is 19.5 Å². The zero-order valence-corrected chi connectivity index (χ0v) is 14.3. The molecule has 1 N–H and O–H groups in total. The normalized spacial score (nSPS) is 12.9. The third-order valence-electron chi connectivity index (χ3n) is 2.72. The summed E-state index contributed by atoms with van der Waals surface area (Å²) in [5.74, 6) is 0.577. The predicted octanol–water partition coefficient (Wildman–Crippen LogP) is 1.90. The van der Waals surface area contributed by atoms with Gasteiger partial charge in [-0.15, -0.1) is 16.7 Å². The average molecular weight is 374 g/mol. The number of alkyl halides is 1. The van der Waals surface area contributed by atoms with Gasteiger partial charge in [-0.05, 0) is 34.2 Å². The lowest BCUT2D eigenvalue weighted by molar-refractivity contribution is 0.331. The van der Waals surface area contributed by atoms with Crippen molar-refractivity contribution in [2.45, 2.75) is 31.7 Å². The van der Waals surface area contributed by atoms with E-state index >= 15 is 0 Å². The van der Waals surface area contributed by atoms with Gasteiger partial charge in [0.15, 0.2) is 4.60 Å². The number of sulfonamides is 1. The van der Waals surface area contributed by atoms with Crippen LogP contribution in [0.4, 0.5) is 0 Å². The van der Waals surface area contributed by atoms with Crippen molar-refractivity contribution in [2.24, 2.45) is 12.5 Å². The molecular formula is C10H18BrClN4O2S.